The third kappa shape index (κ3) is 4.37. The first-order valence-corrected chi connectivity index (χ1v) is 15.0. The van der Waals surface area contributed by atoms with E-state index < -0.39 is 18.3 Å². The Hall–Kier alpha value is -1.13. The molecule has 2 fully saturated rings. The van der Waals surface area contributed by atoms with Gasteiger partial charge >= 0.3 is 5.97 Å². The van der Waals surface area contributed by atoms with Crippen LogP contribution in [0.5, 0.6) is 0 Å². The van der Waals surface area contributed by atoms with Crippen LogP contribution in [0.15, 0.2) is 23.3 Å². The minimum Gasteiger partial charge on any atom is -0.459 e. The van der Waals surface area contributed by atoms with Crippen molar-refractivity contribution in [2.24, 2.45) is 51.8 Å². The van der Waals surface area contributed by atoms with E-state index in [1.54, 1.807) is 0 Å². The zero-order valence-electron chi connectivity index (χ0n) is 25.1. The number of fused-ring (bicyclic) bond motifs is 4. The topological polar surface area (TPSA) is 66.8 Å². The van der Waals surface area contributed by atoms with Gasteiger partial charge in [-0.25, -0.2) is 0 Å². The lowest BCUT2D eigenvalue weighted by molar-refractivity contribution is -0.179. The molecular formula is C33H54O4. The first-order chi connectivity index (χ1) is 17.1. The van der Waals surface area contributed by atoms with Gasteiger partial charge in [-0.1, -0.05) is 73.1 Å². The molecule has 10 atom stereocenters. The molecule has 4 rings (SSSR count). The summed E-state index contributed by atoms with van der Waals surface area (Å²) in [5.41, 5.74) is 3.22. The number of carbonyl (C=O) groups is 1. The molecule has 4 aliphatic carbocycles. The third-order valence-corrected chi connectivity index (χ3v) is 12.4. The van der Waals surface area contributed by atoms with E-state index in [0.29, 0.717) is 36.0 Å². The monoisotopic (exact) mass is 514 g/mol. The van der Waals surface area contributed by atoms with Gasteiger partial charge in [0, 0.05) is 12.3 Å². The van der Waals surface area contributed by atoms with E-state index in [-0.39, 0.29) is 28.1 Å². The van der Waals surface area contributed by atoms with E-state index in [9.17, 15) is 15.0 Å². The Balaban J connectivity index is 1.77. The number of aliphatic hydroxyl groups is 2. The van der Waals surface area contributed by atoms with Crippen LogP contribution in [0.1, 0.15) is 107 Å². The molecule has 2 N–H and O–H groups in total. The van der Waals surface area contributed by atoms with Gasteiger partial charge < -0.3 is 14.9 Å². The van der Waals surface area contributed by atoms with Gasteiger partial charge in [0.2, 0.25) is 0 Å². The molecule has 0 spiro atoms. The molecule has 0 amide bonds. The summed E-state index contributed by atoms with van der Waals surface area (Å²) in [7, 11) is 0. The molecule has 0 aromatic heterocycles. The van der Waals surface area contributed by atoms with Crippen LogP contribution in [-0.4, -0.2) is 34.5 Å². The van der Waals surface area contributed by atoms with Gasteiger partial charge in [-0.15, -0.1) is 0 Å². The van der Waals surface area contributed by atoms with E-state index in [2.05, 4.69) is 62.0 Å². The van der Waals surface area contributed by atoms with Crippen LogP contribution in [0.25, 0.3) is 0 Å². The number of ether oxygens (including phenoxy) is 1. The summed E-state index contributed by atoms with van der Waals surface area (Å²) >= 11 is 0. The Morgan fingerprint density at radius 3 is 2.35 bits per heavy atom. The van der Waals surface area contributed by atoms with Crippen LogP contribution < -0.4 is 0 Å². The maximum atomic E-state index is 12.5. The van der Waals surface area contributed by atoms with Crippen molar-refractivity contribution in [2.75, 3.05) is 0 Å². The second-order valence-electron chi connectivity index (χ2n) is 14.7. The van der Waals surface area contributed by atoms with Gasteiger partial charge in [0.15, 0.2) is 0 Å². The zero-order chi connectivity index (χ0) is 27.7. The van der Waals surface area contributed by atoms with Gasteiger partial charge in [-0.05, 0) is 96.9 Å². The average molecular weight is 515 g/mol. The van der Waals surface area contributed by atoms with E-state index in [1.165, 1.54) is 18.1 Å². The minimum atomic E-state index is -0.817. The van der Waals surface area contributed by atoms with Crippen molar-refractivity contribution < 1.29 is 19.7 Å². The lowest BCUT2D eigenvalue weighted by Crippen LogP contribution is -2.62. The van der Waals surface area contributed by atoms with Crippen molar-refractivity contribution in [1.29, 1.82) is 0 Å². The SMILES string of the molecule is C=C(CCC(C)C1CCC2C3=C([C@@H](O)[C@H](OC(C)=O)C21C)C1(C)CC(O)C(C)C(C)(C)[C@@H]1CC3)C(C)C. The highest BCUT2D eigenvalue weighted by Gasteiger charge is 2.66. The average Bonchev–Trinajstić information content (AvgIpc) is 3.15. The van der Waals surface area contributed by atoms with E-state index in [0.717, 1.165) is 44.1 Å². The maximum absolute atomic E-state index is 12.5. The first-order valence-electron chi connectivity index (χ1n) is 15.0. The Morgan fingerprint density at radius 1 is 1.11 bits per heavy atom. The standard InChI is InChI=1S/C33H54O4/c1-18(2)19(3)11-12-20(4)24-14-15-25-23-13-16-27-31(7,8)21(5)26(35)17-32(27,9)28(23)29(36)30(33(24,25)10)37-22(6)34/h18,20-21,24-27,29-30,35-36H,3,11-17H2,1-2,4-10H3/t20?,21?,24?,25?,26?,27-,29+,30-,32?,33?/m0/s1. The Bertz CT molecular complexity index is 946. The fourth-order valence-electron chi connectivity index (χ4n) is 9.91. The second-order valence-corrected chi connectivity index (χ2v) is 14.7. The van der Waals surface area contributed by atoms with Gasteiger partial charge in [0.1, 0.15) is 12.2 Å². The molecule has 7 unspecified atom stereocenters. The van der Waals surface area contributed by atoms with E-state index in [1.807, 2.05) is 0 Å². The van der Waals surface area contributed by atoms with Crippen LogP contribution in [0.2, 0.25) is 0 Å². The van der Waals surface area contributed by atoms with Crippen LogP contribution >= 0.6 is 0 Å². The molecule has 0 aromatic carbocycles. The predicted molar refractivity (Wildman–Crippen MR) is 150 cm³/mol. The van der Waals surface area contributed by atoms with Crippen molar-refractivity contribution in [1.82, 2.24) is 0 Å². The summed E-state index contributed by atoms with van der Waals surface area (Å²) < 4.78 is 6.14. The Morgan fingerprint density at radius 2 is 1.76 bits per heavy atom. The molecule has 4 heteroatoms. The van der Waals surface area contributed by atoms with Crippen molar-refractivity contribution >= 4 is 5.97 Å². The summed E-state index contributed by atoms with van der Waals surface area (Å²) in [6.07, 6.45) is 5.31. The molecule has 0 aliphatic heterocycles. The first kappa shape index (κ1) is 28.9. The zero-order valence-corrected chi connectivity index (χ0v) is 25.1. The Labute approximate surface area is 226 Å². The van der Waals surface area contributed by atoms with Crippen molar-refractivity contribution in [3.05, 3.63) is 23.3 Å². The van der Waals surface area contributed by atoms with Gasteiger partial charge in [-0.2, -0.15) is 0 Å². The summed E-state index contributed by atoms with van der Waals surface area (Å²) in [5.74, 6) is 1.92. The summed E-state index contributed by atoms with van der Waals surface area (Å²) in [5, 5.41) is 23.4. The highest BCUT2D eigenvalue weighted by molar-refractivity contribution is 5.66. The fraction of sp³-hybridized carbons (Fsp3) is 0.848. The molecule has 4 nitrogen and oxygen atoms in total. The molecule has 2 saturated carbocycles. The van der Waals surface area contributed by atoms with Gasteiger partial charge in [0.25, 0.3) is 0 Å². The number of carbonyl (C=O) groups excluding carboxylic acids is 1. The van der Waals surface area contributed by atoms with Crippen molar-refractivity contribution in [2.45, 2.75) is 126 Å². The summed E-state index contributed by atoms with van der Waals surface area (Å²) in [6.45, 7) is 23.9. The van der Waals surface area contributed by atoms with Crippen molar-refractivity contribution in [3.63, 3.8) is 0 Å². The largest absolute Gasteiger partial charge is 0.459 e. The van der Waals surface area contributed by atoms with Gasteiger partial charge in [-0.3, -0.25) is 4.79 Å². The summed E-state index contributed by atoms with van der Waals surface area (Å²) in [6, 6.07) is 0. The fourth-order valence-corrected chi connectivity index (χ4v) is 9.91. The number of hydrogen-bond acceptors (Lipinski definition) is 4. The maximum Gasteiger partial charge on any atom is 0.303 e. The number of rotatable bonds is 6. The molecule has 0 aromatic rings. The molecule has 210 valence electrons. The number of aliphatic hydroxyl groups excluding tert-OH is 2. The smallest absolute Gasteiger partial charge is 0.303 e. The normalized spacial score (nSPS) is 43.6. The predicted octanol–water partition coefficient (Wildman–Crippen LogP) is 7.09. The van der Waals surface area contributed by atoms with Gasteiger partial charge in [0.05, 0.1) is 6.10 Å². The molecule has 0 saturated heterocycles. The molecule has 0 heterocycles. The van der Waals surface area contributed by atoms with Crippen LogP contribution in [-0.2, 0) is 9.53 Å². The highest BCUT2D eigenvalue weighted by Crippen LogP contribution is 2.69. The van der Waals surface area contributed by atoms with Crippen LogP contribution in [0.4, 0.5) is 0 Å². The number of allylic oxidation sites excluding steroid dienone is 2. The molecular weight excluding hydrogens is 460 g/mol. The van der Waals surface area contributed by atoms with Crippen molar-refractivity contribution in [3.8, 4) is 0 Å². The minimum absolute atomic E-state index is 0.0338. The molecule has 37 heavy (non-hydrogen) atoms. The highest BCUT2D eigenvalue weighted by atomic mass is 16.6. The van der Waals surface area contributed by atoms with Crippen LogP contribution in [0, 0.1) is 51.8 Å². The van der Waals surface area contributed by atoms with E-state index >= 15 is 0 Å². The lowest BCUT2D eigenvalue weighted by Gasteiger charge is -2.63. The number of esters is 1. The molecule has 0 bridgehead atoms. The molecule has 4 aliphatic rings. The molecule has 0 radical (unpaired) electrons. The third-order valence-electron chi connectivity index (χ3n) is 12.4. The lowest BCUT2D eigenvalue weighted by atomic mass is 9.43. The second kappa shape index (κ2) is 9.81. The van der Waals surface area contributed by atoms with E-state index in [4.69, 9.17) is 4.74 Å². The summed E-state index contributed by atoms with van der Waals surface area (Å²) in [4.78, 5) is 12.5. The Kier molecular flexibility index (Phi) is 7.65. The quantitative estimate of drug-likeness (QED) is 0.293. The van der Waals surface area contributed by atoms with Crippen LogP contribution in [0.3, 0.4) is 0 Å². The number of hydrogen-bond donors (Lipinski definition) is 2.